The van der Waals surface area contributed by atoms with Gasteiger partial charge in [0.2, 0.25) is 0 Å². The molecule has 0 saturated carbocycles. The number of aliphatic hydroxyl groups excluding tert-OH is 5. The minimum absolute atomic E-state index is 0.263. The molecule has 0 bridgehead atoms. The molecular weight excluding hydrogens is 468 g/mol. The van der Waals surface area contributed by atoms with E-state index in [1.807, 2.05) is 0 Å². The molecule has 0 aromatic carbocycles. The largest absolute Gasteiger partial charge is 0.463 e. The minimum atomic E-state index is -1.55. The molecule has 5 N–H and O–H groups in total. The molecule has 36 heavy (non-hydrogen) atoms. The van der Waals surface area contributed by atoms with Crippen LogP contribution in [0.1, 0.15) is 96.8 Å². The SMILES string of the molecule is CCCCCCCC/C=C\CCCCCCCC(=O)OC[C@@H](O)CO[C@H]1O[C@H](CO)[C@H](O)[C@H](O)[C@H]1O. The summed E-state index contributed by atoms with van der Waals surface area (Å²) >= 11 is 0. The second-order valence-corrected chi connectivity index (χ2v) is 9.70. The number of rotatable bonds is 21. The molecule has 1 heterocycles. The number of carbonyl (C=O) groups excluding carboxylic acids is 1. The van der Waals surface area contributed by atoms with Gasteiger partial charge in [0.1, 0.15) is 37.1 Å². The van der Waals surface area contributed by atoms with Gasteiger partial charge in [-0.05, 0) is 32.1 Å². The maximum atomic E-state index is 11.9. The predicted octanol–water partition coefficient (Wildman–Crippen LogP) is 2.74. The average Bonchev–Trinajstić information content (AvgIpc) is 2.88. The first-order valence-electron chi connectivity index (χ1n) is 13.8. The lowest BCUT2D eigenvalue weighted by Gasteiger charge is -2.39. The highest BCUT2D eigenvalue weighted by Gasteiger charge is 2.44. The van der Waals surface area contributed by atoms with Crippen LogP contribution in [0.25, 0.3) is 0 Å². The van der Waals surface area contributed by atoms with Crippen LogP contribution in [0, 0.1) is 0 Å². The first-order valence-corrected chi connectivity index (χ1v) is 13.8. The summed E-state index contributed by atoms with van der Waals surface area (Å²) in [5.74, 6) is -0.389. The number of ether oxygens (including phenoxy) is 3. The standard InChI is InChI=1S/C27H50O9/c1-2-3-4-5-6-7-8-9-10-11-12-13-14-15-16-17-23(30)34-19-21(29)20-35-27-26(33)25(32)24(31)22(18-28)36-27/h9-10,21-22,24-29,31-33H,2-8,11-20H2,1H3/b10-9-/t21-,22-,24+,25+,26-,27+/m1/s1. The summed E-state index contributed by atoms with van der Waals surface area (Å²) in [6.07, 6.45) is 12.1. The van der Waals surface area contributed by atoms with Gasteiger partial charge in [0.25, 0.3) is 0 Å². The van der Waals surface area contributed by atoms with E-state index in [0.717, 1.165) is 38.5 Å². The van der Waals surface area contributed by atoms with Crippen LogP contribution in [-0.4, -0.2) is 88.1 Å². The van der Waals surface area contributed by atoms with Crippen LogP contribution in [0.5, 0.6) is 0 Å². The van der Waals surface area contributed by atoms with Crippen molar-refractivity contribution < 1.29 is 44.5 Å². The van der Waals surface area contributed by atoms with E-state index in [1.165, 1.54) is 44.9 Å². The summed E-state index contributed by atoms with van der Waals surface area (Å²) in [4.78, 5) is 11.9. The number of allylic oxidation sites excluding steroid dienone is 2. The predicted molar refractivity (Wildman–Crippen MR) is 136 cm³/mol. The van der Waals surface area contributed by atoms with E-state index in [0.29, 0.717) is 6.42 Å². The van der Waals surface area contributed by atoms with E-state index in [4.69, 9.17) is 19.3 Å². The highest BCUT2D eigenvalue weighted by Crippen LogP contribution is 2.22. The summed E-state index contributed by atoms with van der Waals surface area (Å²) < 4.78 is 15.5. The van der Waals surface area contributed by atoms with Crippen LogP contribution in [-0.2, 0) is 19.0 Å². The topological polar surface area (TPSA) is 146 Å². The zero-order valence-corrected chi connectivity index (χ0v) is 22.0. The first kappa shape index (κ1) is 33.0. The van der Waals surface area contributed by atoms with Crippen molar-refractivity contribution in [3.63, 3.8) is 0 Å². The molecule has 1 saturated heterocycles. The fraction of sp³-hybridized carbons (Fsp3) is 0.889. The van der Waals surface area contributed by atoms with Crippen LogP contribution in [0.15, 0.2) is 12.2 Å². The van der Waals surface area contributed by atoms with Gasteiger partial charge in [-0.1, -0.05) is 70.4 Å². The molecular formula is C27H50O9. The number of hydrogen-bond acceptors (Lipinski definition) is 9. The number of aliphatic hydroxyl groups is 5. The first-order chi connectivity index (χ1) is 17.4. The van der Waals surface area contributed by atoms with Crippen LogP contribution >= 0.6 is 0 Å². The lowest BCUT2D eigenvalue weighted by molar-refractivity contribution is -0.305. The average molecular weight is 519 g/mol. The lowest BCUT2D eigenvalue weighted by Crippen LogP contribution is -2.59. The van der Waals surface area contributed by atoms with Crippen LogP contribution in [0.2, 0.25) is 0 Å². The fourth-order valence-corrected chi connectivity index (χ4v) is 4.06. The lowest BCUT2D eigenvalue weighted by atomic mass is 9.99. The molecule has 1 rings (SSSR count). The summed E-state index contributed by atoms with van der Waals surface area (Å²) in [6.45, 7) is 1.09. The number of carbonyl (C=O) groups is 1. The number of unbranched alkanes of at least 4 members (excludes halogenated alkanes) is 11. The monoisotopic (exact) mass is 518 g/mol. The van der Waals surface area contributed by atoms with E-state index in [9.17, 15) is 25.2 Å². The summed E-state index contributed by atoms with van der Waals surface area (Å²) in [7, 11) is 0. The zero-order valence-electron chi connectivity index (χ0n) is 22.0. The maximum Gasteiger partial charge on any atom is 0.305 e. The Morgan fingerprint density at radius 3 is 2.03 bits per heavy atom. The molecule has 6 atom stereocenters. The van der Waals surface area contributed by atoms with Crippen molar-refractivity contribution in [1.29, 1.82) is 0 Å². The summed E-state index contributed by atoms with van der Waals surface area (Å²) in [5.41, 5.74) is 0. The number of esters is 1. The third-order valence-corrected chi connectivity index (χ3v) is 6.38. The third-order valence-electron chi connectivity index (χ3n) is 6.38. The minimum Gasteiger partial charge on any atom is -0.463 e. The van der Waals surface area contributed by atoms with Crippen molar-refractivity contribution in [3.8, 4) is 0 Å². The molecule has 1 fully saturated rings. The summed E-state index contributed by atoms with van der Waals surface area (Å²) in [5, 5.41) is 48.5. The van der Waals surface area contributed by atoms with Gasteiger partial charge in [0.15, 0.2) is 6.29 Å². The maximum absolute atomic E-state index is 11.9. The van der Waals surface area contributed by atoms with E-state index in [-0.39, 0.29) is 19.2 Å². The van der Waals surface area contributed by atoms with E-state index in [1.54, 1.807) is 0 Å². The Bertz CT molecular complexity index is 569. The van der Waals surface area contributed by atoms with Gasteiger partial charge in [-0.25, -0.2) is 0 Å². The van der Waals surface area contributed by atoms with E-state index >= 15 is 0 Å². The normalized spacial score (nSPS) is 25.3. The molecule has 1 aliphatic rings. The van der Waals surface area contributed by atoms with Crippen LogP contribution in [0.4, 0.5) is 0 Å². The van der Waals surface area contributed by atoms with Crippen molar-refractivity contribution in [2.75, 3.05) is 19.8 Å². The third kappa shape index (κ3) is 14.6. The molecule has 0 unspecified atom stereocenters. The Balaban J connectivity index is 1.98. The highest BCUT2D eigenvalue weighted by molar-refractivity contribution is 5.69. The Kier molecular flexibility index (Phi) is 19.2. The van der Waals surface area contributed by atoms with Gasteiger partial charge in [0, 0.05) is 6.42 Å². The zero-order chi connectivity index (χ0) is 26.6. The Hall–Kier alpha value is -1.07. The second-order valence-electron chi connectivity index (χ2n) is 9.70. The Morgan fingerprint density at radius 1 is 0.833 bits per heavy atom. The van der Waals surface area contributed by atoms with Gasteiger partial charge in [-0.15, -0.1) is 0 Å². The van der Waals surface area contributed by atoms with Crippen molar-refractivity contribution in [3.05, 3.63) is 12.2 Å². The van der Waals surface area contributed by atoms with Crippen molar-refractivity contribution in [2.45, 2.75) is 134 Å². The molecule has 0 radical (unpaired) electrons. The molecule has 0 amide bonds. The number of hydrogen-bond donors (Lipinski definition) is 5. The van der Waals surface area contributed by atoms with Crippen molar-refractivity contribution in [1.82, 2.24) is 0 Å². The van der Waals surface area contributed by atoms with Gasteiger partial charge < -0.3 is 39.7 Å². The van der Waals surface area contributed by atoms with Gasteiger partial charge >= 0.3 is 5.97 Å². The fourth-order valence-electron chi connectivity index (χ4n) is 4.06. The molecule has 0 aliphatic carbocycles. The van der Waals surface area contributed by atoms with Gasteiger partial charge in [0.05, 0.1) is 13.2 Å². The second kappa shape index (κ2) is 20.9. The Morgan fingerprint density at radius 2 is 1.42 bits per heavy atom. The molecule has 9 nitrogen and oxygen atoms in total. The molecule has 1 aliphatic heterocycles. The molecule has 9 heteroatoms. The van der Waals surface area contributed by atoms with E-state index in [2.05, 4.69) is 19.1 Å². The molecule has 0 aromatic heterocycles. The molecule has 0 spiro atoms. The smallest absolute Gasteiger partial charge is 0.305 e. The van der Waals surface area contributed by atoms with Crippen molar-refractivity contribution in [2.24, 2.45) is 0 Å². The van der Waals surface area contributed by atoms with Crippen molar-refractivity contribution >= 4 is 5.97 Å². The van der Waals surface area contributed by atoms with E-state index < -0.39 is 43.4 Å². The quantitative estimate of drug-likeness (QED) is 0.0879. The molecule has 212 valence electrons. The van der Waals surface area contributed by atoms with Crippen LogP contribution in [0.3, 0.4) is 0 Å². The van der Waals surface area contributed by atoms with Crippen LogP contribution < -0.4 is 0 Å². The Labute approximate surface area is 216 Å². The van der Waals surface area contributed by atoms with Gasteiger partial charge in [-0.2, -0.15) is 0 Å². The molecule has 0 aromatic rings. The van der Waals surface area contributed by atoms with Gasteiger partial charge in [-0.3, -0.25) is 4.79 Å². The summed E-state index contributed by atoms with van der Waals surface area (Å²) in [6, 6.07) is 0. The highest BCUT2D eigenvalue weighted by atomic mass is 16.7.